The monoisotopic (exact) mass is 326 g/mol. The Morgan fingerprint density at radius 1 is 1.53 bits per heavy atom. The topological polar surface area (TPSA) is 41.6 Å². The van der Waals surface area contributed by atoms with Crippen molar-refractivity contribution in [2.45, 2.75) is 13.8 Å². The Hall–Kier alpha value is -1.07. The SMILES string of the molecule is CCNCC(C)CN1C(=O)COc2ccc(Br)cc21. The second-order valence-corrected chi connectivity index (χ2v) is 5.73. The molecule has 0 spiro atoms. The summed E-state index contributed by atoms with van der Waals surface area (Å²) in [4.78, 5) is 13.9. The highest BCUT2D eigenvalue weighted by atomic mass is 79.9. The Morgan fingerprint density at radius 3 is 3.05 bits per heavy atom. The maximum atomic E-state index is 12.0. The van der Waals surface area contributed by atoms with Crippen molar-refractivity contribution in [3.63, 3.8) is 0 Å². The van der Waals surface area contributed by atoms with E-state index in [9.17, 15) is 4.79 Å². The van der Waals surface area contributed by atoms with Crippen LogP contribution in [0.4, 0.5) is 5.69 Å². The molecular weight excluding hydrogens is 308 g/mol. The molecule has 1 amide bonds. The van der Waals surface area contributed by atoms with Crippen molar-refractivity contribution in [1.29, 1.82) is 0 Å². The molecule has 0 bridgehead atoms. The first-order valence-corrected chi connectivity index (χ1v) is 7.34. The first-order chi connectivity index (χ1) is 9.11. The fraction of sp³-hybridized carbons (Fsp3) is 0.500. The summed E-state index contributed by atoms with van der Waals surface area (Å²) in [7, 11) is 0. The zero-order chi connectivity index (χ0) is 13.8. The van der Waals surface area contributed by atoms with Crippen LogP contribution in [-0.4, -0.2) is 32.1 Å². The molecule has 104 valence electrons. The number of anilines is 1. The number of carbonyl (C=O) groups is 1. The Bertz CT molecular complexity index is 465. The molecule has 19 heavy (non-hydrogen) atoms. The van der Waals surface area contributed by atoms with Crippen molar-refractivity contribution >= 4 is 27.5 Å². The van der Waals surface area contributed by atoms with Crippen LogP contribution >= 0.6 is 15.9 Å². The van der Waals surface area contributed by atoms with E-state index in [0.29, 0.717) is 12.5 Å². The third kappa shape index (κ3) is 3.48. The van der Waals surface area contributed by atoms with Crippen molar-refractivity contribution in [3.8, 4) is 5.75 Å². The van der Waals surface area contributed by atoms with Gasteiger partial charge in [0.2, 0.25) is 0 Å². The summed E-state index contributed by atoms with van der Waals surface area (Å²) in [6, 6.07) is 5.76. The molecule has 0 aliphatic carbocycles. The van der Waals surface area contributed by atoms with Crippen molar-refractivity contribution in [2.75, 3.05) is 31.1 Å². The average Bonchev–Trinajstić information content (AvgIpc) is 2.40. The van der Waals surface area contributed by atoms with E-state index in [1.165, 1.54) is 0 Å². The number of nitrogens with one attached hydrogen (secondary N) is 1. The lowest BCUT2D eigenvalue weighted by Gasteiger charge is -2.31. The number of benzene rings is 1. The highest BCUT2D eigenvalue weighted by Gasteiger charge is 2.26. The number of halogens is 1. The molecule has 1 N–H and O–H groups in total. The van der Waals surface area contributed by atoms with E-state index >= 15 is 0 Å². The zero-order valence-electron chi connectivity index (χ0n) is 11.3. The van der Waals surface area contributed by atoms with Gasteiger partial charge in [-0.1, -0.05) is 29.8 Å². The third-order valence-electron chi connectivity index (χ3n) is 3.10. The van der Waals surface area contributed by atoms with Crippen LogP contribution in [0.2, 0.25) is 0 Å². The van der Waals surface area contributed by atoms with Crippen LogP contribution in [-0.2, 0) is 4.79 Å². The second kappa shape index (κ2) is 6.39. The quantitative estimate of drug-likeness (QED) is 0.903. The van der Waals surface area contributed by atoms with Crippen LogP contribution in [0.5, 0.6) is 5.75 Å². The number of hydrogen-bond acceptors (Lipinski definition) is 3. The van der Waals surface area contributed by atoms with E-state index in [2.05, 4.69) is 35.1 Å². The van der Waals surface area contributed by atoms with Crippen molar-refractivity contribution in [2.24, 2.45) is 5.92 Å². The normalized spacial score (nSPS) is 15.9. The molecule has 0 saturated carbocycles. The zero-order valence-corrected chi connectivity index (χ0v) is 12.9. The second-order valence-electron chi connectivity index (χ2n) is 4.82. The summed E-state index contributed by atoms with van der Waals surface area (Å²) in [6.45, 7) is 6.91. The molecule has 1 unspecified atom stereocenters. The standard InChI is InChI=1S/C14H19BrN2O2/c1-3-16-7-10(2)8-17-12-6-11(15)4-5-13(12)19-9-14(17)18/h4-6,10,16H,3,7-9H2,1-2H3. The molecule has 2 rings (SSSR count). The van der Waals surface area contributed by atoms with E-state index in [-0.39, 0.29) is 12.5 Å². The summed E-state index contributed by atoms with van der Waals surface area (Å²) in [5, 5.41) is 3.31. The van der Waals surface area contributed by atoms with Gasteiger partial charge in [0.05, 0.1) is 5.69 Å². The lowest BCUT2D eigenvalue weighted by atomic mass is 10.1. The summed E-state index contributed by atoms with van der Waals surface area (Å²) >= 11 is 3.44. The molecular formula is C14H19BrN2O2. The molecule has 0 fully saturated rings. The number of carbonyl (C=O) groups excluding carboxylic acids is 1. The molecule has 1 aromatic carbocycles. The predicted molar refractivity (Wildman–Crippen MR) is 79.7 cm³/mol. The lowest BCUT2D eigenvalue weighted by Crippen LogP contribution is -2.43. The molecule has 1 heterocycles. The predicted octanol–water partition coefficient (Wildman–Crippen LogP) is 2.42. The molecule has 5 heteroatoms. The number of nitrogens with zero attached hydrogens (tertiary/aromatic N) is 1. The summed E-state index contributed by atoms with van der Waals surface area (Å²) in [5.41, 5.74) is 0.856. The summed E-state index contributed by atoms with van der Waals surface area (Å²) < 4.78 is 6.41. The Kier molecular flexibility index (Phi) is 4.82. The molecule has 1 aliphatic rings. The van der Waals surface area contributed by atoms with Crippen LogP contribution < -0.4 is 15.0 Å². The molecule has 4 nitrogen and oxygen atoms in total. The van der Waals surface area contributed by atoms with Gasteiger partial charge in [-0.05, 0) is 37.2 Å². The smallest absolute Gasteiger partial charge is 0.265 e. The molecule has 1 aromatic rings. The lowest BCUT2D eigenvalue weighted by molar-refractivity contribution is -0.121. The highest BCUT2D eigenvalue weighted by Crippen LogP contribution is 2.34. The third-order valence-corrected chi connectivity index (χ3v) is 3.59. The molecule has 0 aromatic heterocycles. The van der Waals surface area contributed by atoms with Crippen LogP contribution in [0.15, 0.2) is 22.7 Å². The maximum Gasteiger partial charge on any atom is 0.265 e. The van der Waals surface area contributed by atoms with Gasteiger partial charge in [-0.25, -0.2) is 0 Å². The average molecular weight is 327 g/mol. The minimum atomic E-state index is 0.0222. The van der Waals surface area contributed by atoms with Crippen molar-refractivity contribution in [3.05, 3.63) is 22.7 Å². The van der Waals surface area contributed by atoms with E-state index in [1.54, 1.807) is 0 Å². The maximum absolute atomic E-state index is 12.0. The molecule has 0 saturated heterocycles. The van der Waals surface area contributed by atoms with Crippen LogP contribution in [0.1, 0.15) is 13.8 Å². The first-order valence-electron chi connectivity index (χ1n) is 6.55. The molecule has 1 aliphatic heterocycles. The van der Waals surface area contributed by atoms with Gasteiger partial charge in [0, 0.05) is 11.0 Å². The van der Waals surface area contributed by atoms with Crippen molar-refractivity contribution < 1.29 is 9.53 Å². The largest absolute Gasteiger partial charge is 0.482 e. The van der Waals surface area contributed by atoms with Gasteiger partial charge in [0.25, 0.3) is 5.91 Å². The van der Waals surface area contributed by atoms with Gasteiger partial charge >= 0.3 is 0 Å². The van der Waals surface area contributed by atoms with Crippen LogP contribution in [0.3, 0.4) is 0 Å². The fourth-order valence-electron chi connectivity index (χ4n) is 2.14. The van der Waals surface area contributed by atoms with E-state index < -0.39 is 0 Å². The number of rotatable bonds is 5. The Morgan fingerprint density at radius 2 is 2.32 bits per heavy atom. The number of ether oxygens (including phenoxy) is 1. The first kappa shape index (κ1) is 14.3. The van der Waals surface area contributed by atoms with Gasteiger partial charge < -0.3 is 15.0 Å². The molecule has 0 radical (unpaired) electrons. The van der Waals surface area contributed by atoms with Gasteiger partial charge in [-0.2, -0.15) is 0 Å². The van der Waals surface area contributed by atoms with Gasteiger partial charge in [0.15, 0.2) is 6.61 Å². The summed E-state index contributed by atoms with van der Waals surface area (Å²) in [5.74, 6) is 1.20. The minimum absolute atomic E-state index is 0.0222. The highest BCUT2D eigenvalue weighted by molar-refractivity contribution is 9.10. The van der Waals surface area contributed by atoms with Gasteiger partial charge in [-0.15, -0.1) is 0 Å². The Balaban J connectivity index is 2.15. The van der Waals surface area contributed by atoms with Crippen molar-refractivity contribution in [1.82, 2.24) is 5.32 Å². The van der Waals surface area contributed by atoms with E-state index in [1.807, 2.05) is 23.1 Å². The molecule has 1 atom stereocenters. The van der Waals surface area contributed by atoms with E-state index in [4.69, 9.17) is 4.74 Å². The fourth-order valence-corrected chi connectivity index (χ4v) is 2.49. The Labute approximate surface area is 122 Å². The van der Waals surface area contributed by atoms with Crippen LogP contribution in [0.25, 0.3) is 0 Å². The van der Waals surface area contributed by atoms with E-state index in [0.717, 1.165) is 29.0 Å². The number of hydrogen-bond donors (Lipinski definition) is 1. The van der Waals surface area contributed by atoms with Crippen LogP contribution in [0, 0.1) is 5.92 Å². The summed E-state index contributed by atoms with van der Waals surface area (Å²) in [6.07, 6.45) is 0. The van der Waals surface area contributed by atoms with Gasteiger partial charge in [-0.3, -0.25) is 4.79 Å². The number of fused-ring (bicyclic) bond motifs is 1. The van der Waals surface area contributed by atoms with Gasteiger partial charge in [0.1, 0.15) is 5.75 Å². The minimum Gasteiger partial charge on any atom is -0.482 e. The number of amides is 1.